The number of alkyl halides is 1. The van der Waals surface area contributed by atoms with Gasteiger partial charge in [0.15, 0.2) is 11.9 Å². The minimum atomic E-state index is -1.62. The van der Waals surface area contributed by atoms with Crippen molar-refractivity contribution in [2.24, 2.45) is 0 Å². The Kier molecular flexibility index (Phi) is 4.93. The molecule has 1 rings (SSSR count). The van der Waals surface area contributed by atoms with Gasteiger partial charge in [0.25, 0.3) is 0 Å². The van der Waals surface area contributed by atoms with Crippen LogP contribution in [0, 0.1) is 0 Å². The van der Waals surface area contributed by atoms with Crippen LogP contribution in [0.5, 0.6) is 0 Å². The molecule has 0 spiro atoms. The Labute approximate surface area is 108 Å². The molecule has 0 saturated heterocycles. The lowest BCUT2D eigenvalue weighted by Gasteiger charge is -2.08. The van der Waals surface area contributed by atoms with Crippen molar-refractivity contribution in [3.63, 3.8) is 0 Å². The molecule has 0 fully saturated rings. The van der Waals surface area contributed by atoms with Crippen molar-refractivity contribution in [1.82, 2.24) is 0 Å². The molecular weight excluding hydrogens is 267 g/mol. The Morgan fingerprint density at radius 3 is 2.47 bits per heavy atom. The number of benzene rings is 1. The zero-order chi connectivity index (χ0) is 13.0. The van der Waals surface area contributed by atoms with Gasteiger partial charge in [-0.1, -0.05) is 23.7 Å². The predicted octanol–water partition coefficient (Wildman–Crippen LogP) is 1.81. The van der Waals surface area contributed by atoms with Crippen LogP contribution in [0.1, 0.15) is 17.2 Å². The van der Waals surface area contributed by atoms with Crippen LogP contribution in [0.15, 0.2) is 18.2 Å². The average molecular weight is 277 g/mol. The number of aliphatic hydroxyl groups is 1. The molecule has 4 nitrogen and oxygen atoms in total. The normalized spacial score (nSPS) is 12.2. The maximum atomic E-state index is 11.1. The van der Waals surface area contributed by atoms with Gasteiger partial charge in [-0.05, 0) is 17.2 Å². The van der Waals surface area contributed by atoms with Crippen molar-refractivity contribution in [3.8, 4) is 0 Å². The van der Waals surface area contributed by atoms with Crippen LogP contribution in [0.3, 0.4) is 0 Å². The number of carbonyl (C=O) groups is 2. The first-order chi connectivity index (χ1) is 7.95. The number of halogens is 2. The molecule has 0 aliphatic carbocycles. The van der Waals surface area contributed by atoms with E-state index in [1.54, 1.807) is 0 Å². The Balaban J connectivity index is 2.93. The van der Waals surface area contributed by atoms with Crippen molar-refractivity contribution >= 4 is 35.0 Å². The van der Waals surface area contributed by atoms with Crippen LogP contribution < -0.4 is 0 Å². The highest BCUT2D eigenvalue weighted by Crippen LogP contribution is 2.23. The molecular formula is C11H10Cl2O4. The fourth-order valence-electron chi connectivity index (χ4n) is 1.28. The molecule has 0 aromatic heterocycles. The molecule has 1 unspecified atom stereocenters. The number of rotatable bonds is 5. The van der Waals surface area contributed by atoms with Gasteiger partial charge in [-0.3, -0.25) is 4.79 Å². The molecule has 1 atom stereocenters. The van der Waals surface area contributed by atoms with Crippen molar-refractivity contribution in [1.29, 1.82) is 0 Å². The molecule has 0 aliphatic heterocycles. The quantitative estimate of drug-likeness (QED) is 0.805. The van der Waals surface area contributed by atoms with Crippen LogP contribution >= 0.6 is 23.2 Å². The molecule has 1 aromatic rings. The summed E-state index contributed by atoms with van der Waals surface area (Å²) in [6.07, 6.45) is -1.53. The third kappa shape index (κ3) is 3.70. The smallest absolute Gasteiger partial charge is 0.337 e. The maximum Gasteiger partial charge on any atom is 0.337 e. The Bertz CT molecular complexity index is 445. The first-order valence-corrected chi connectivity index (χ1v) is 5.63. The first kappa shape index (κ1) is 14.0. The van der Waals surface area contributed by atoms with E-state index in [2.05, 4.69) is 0 Å². The van der Waals surface area contributed by atoms with Crippen molar-refractivity contribution < 1.29 is 19.8 Å². The zero-order valence-corrected chi connectivity index (χ0v) is 10.2. The summed E-state index contributed by atoms with van der Waals surface area (Å²) in [6.45, 7) is 0. The number of aliphatic hydroxyl groups excluding tert-OH is 1. The second-order valence-corrected chi connectivity index (χ2v) is 4.12. The first-order valence-electron chi connectivity index (χ1n) is 4.72. The van der Waals surface area contributed by atoms with E-state index in [4.69, 9.17) is 28.3 Å². The van der Waals surface area contributed by atoms with E-state index in [0.29, 0.717) is 5.56 Å². The maximum absolute atomic E-state index is 11.1. The summed E-state index contributed by atoms with van der Waals surface area (Å²) in [5.74, 6) is -1.64. The van der Waals surface area contributed by atoms with E-state index in [-0.39, 0.29) is 28.7 Å². The highest BCUT2D eigenvalue weighted by Gasteiger charge is 2.17. The molecule has 0 bridgehead atoms. The fourth-order valence-corrected chi connectivity index (χ4v) is 1.63. The summed E-state index contributed by atoms with van der Waals surface area (Å²) in [5, 5.41) is 18.1. The van der Waals surface area contributed by atoms with E-state index >= 15 is 0 Å². The van der Waals surface area contributed by atoms with Crippen LogP contribution in [0.2, 0.25) is 5.02 Å². The van der Waals surface area contributed by atoms with Gasteiger partial charge in [-0.25, -0.2) is 4.79 Å². The minimum absolute atomic E-state index is 0.0891. The van der Waals surface area contributed by atoms with E-state index in [9.17, 15) is 14.7 Å². The molecule has 1 aromatic carbocycles. The second kappa shape index (κ2) is 6.00. The zero-order valence-electron chi connectivity index (χ0n) is 8.69. The Morgan fingerprint density at radius 2 is 2.00 bits per heavy atom. The number of hydrogen-bond donors (Lipinski definition) is 2. The topological polar surface area (TPSA) is 74.6 Å². The Hall–Kier alpha value is -1.10. The summed E-state index contributed by atoms with van der Waals surface area (Å²) < 4.78 is 0. The number of carbonyl (C=O) groups excluding carboxylic acids is 1. The van der Waals surface area contributed by atoms with Crippen LogP contribution in [-0.2, 0) is 16.0 Å². The highest BCUT2D eigenvalue weighted by atomic mass is 35.5. The van der Waals surface area contributed by atoms with E-state index in [1.165, 1.54) is 18.2 Å². The van der Waals surface area contributed by atoms with Crippen molar-refractivity contribution in [3.05, 3.63) is 34.3 Å². The van der Waals surface area contributed by atoms with Crippen molar-refractivity contribution in [2.75, 3.05) is 5.88 Å². The van der Waals surface area contributed by atoms with Crippen molar-refractivity contribution in [2.45, 2.75) is 12.5 Å². The summed E-state index contributed by atoms with van der Waals surface area (Å²) in [4.78, 5) is 21.7. The van der Waals surface area contributed by atoms with Gasteiger partial charge >= 0.3 is 5.97 Å². The van der Waals surface area contributed by atoms with E-state index < -0.39 is 12.1 Å². The summed E-state index contributed by atoms with van der Waals surface area (Å²) in [5.41, 5.74) is 0.725. The van der Waals surface area contributed by atoms with Gasteiger partial charge in [0.2, 0.25) is 0 Å². The minimum Gasteiger partial charge on any atom is -0.479 e. The highest BCUT2D eigenvalue weighted by molar-refractivity contribution is 6.32. The molecule has 17 heavy (non-hydrogen) atoms. The third-order valence-corrected chi connectivity index (χ3v) is 2.81. The number of carboxylic acids is 1. The number of carboxylic acid groups (broad SMARTS) is 1. The monoisotopic (exact) mass is 276 g/mol. The standard InChI is InChI=1S/C11H10Cl2O4/c12-5-8(14)3-6-1-2-7(4-9(6)13)10(15)11(16)17/h1-2,4,10,15H,3,5H2,(H,16,17). The third-order valence-electron chi connectivity index (χ3n) is 2.16. The predicted molar refractivity (Wildman–Crippen MR) is 63.5 cm³/mol. The van der Waals surface area contributed by atoms with Gasteiger partial charge in [0, 0.05) is 11.4 Å². The van der Waals surface area contributed by atoms with E-state index in [1.807, 2.05) is 0 Å². The van der Waals surface area contributed by atoms with Crippen LogP contribution in [-0.4, -0.2) is 27.8 Å². The van der Waals surface area contributed by atoms with Gasteiger partial charge < -0.3 is 10.2 Å². The summed E-state index contributed by atoms with van der Waals surface area (Å²) >= 11 is 11.2. The second-order valence-electron chi connectivity index (χ2n) is 3.44. The van der Waals surface area contributed by atoms with E-state index in [0.717, 1.165) is 0 Å². The lowest BCUT2D eigenvalue weighted by atomic mass is 10.0. The molecule has 0 heterocycles. The fraction of sp³-hybridized carbons (Fsp3) is 0.273. The lowest BCUT2D eigenvalue weighted by Crippen LogP contribution is -2.11. The molecule has 0 aliphatic rings. The lowest BCUT2D eigenvalue weighted by molar-refractivity contribution is -0.147. The number of hydrogen-bond acceptors (Lipinski definition) is 3. The SMILES string of the molecule is O=C(CCl)Cc1ccc(C(O)C(=O)O)cc1Cl. The van der Waals surface area contributed by atoms with Crippen LogP contribution in [0.4, 0.5) is 0 Å². The molecule has 2 N–H and O–H groups in total. The van der Waals surface area contributed by atoms with Gasteiger partial charge in [0.1, 0.15) is 0 Å². The Morgan fingerprint density at radius 1 is 1.35 bits per heavy atom. The van der Waals surface area contributed by atoms with Gasteiger partial charge in [-0.2, -0.15) is 0 Å². The molecule has 0 radical (unpaired) electrons. The molecule has 0 saturated carbocycles. The van der Waals surface area contributed by atoms with Gasteiger partial charge in [-0.15, -0.1) is 11.6 Å². The summed E-state index contributed by atoms with van der Waals surface area (Å²) in [6, 6.07) is 4.26. The van der Waals surface area contributed by atoms with Crippen LogP contribution in [0.25, 0.3) is 0 Å². The molecule has 0 amide bonds. The average Bonchev–Trinajstić information content (AvgIpc) is 2.30. The number of Topliss-reactive ketones (excluding diaryl/α,β-unsaturated/α-hetero) is 1. The van der Waals surface area contributed by atoms with Gasteiger partial charge in [0.05, 0.1) is 5.88 Å². The number of aliphatic carboxylic acids is 1. The molecule has 92 valence electrons. The summed E-state index contributed by atoms with van der Waals surface area (Å²) in [7, 11) is 0. The number of ketones is 1. The molecule has 6 heteroatoms. The largest absolute Gasteiger partial charge is 0.479 e.